The van der Waals surface area contributed by atoms with Crippen LogP contribution in [0.1, 0.15) is 23.3 Å². The number of rotatable bonds is 5. The van der Waals surface area contributed by atoms with Crippen molar-refractivity contribution in [2.75, 3.05) is 37.5 Å². The van der Waals surface area contributed by atoms with E-state index in [-0.39, 0.29) is 17.0 Å². The highest BCUT2D eigenvalue weighted by Gasteiger charge is 2.16. The molecular weight excluding hydrogens is 370 g/mol. The number of anilines is 2. The number of carbonyl (C=O) groups excluding carboxylic acids is 1. The molecule has 1 aliphatic rings. The molecule has 1 aromatic heterocycles. The van der Waals surface area contributed by atoms with Gasteiger partial charge >= 0.3 is 0 Å². The van der Waals surface area contributed by atoms with Crippen LogP contribution >= 0.6 is 0 Å². The summed E-state index contributed by atoms with van der Waals surface area (Å²) in [4.78, 5) is 30.8. The Morgan fingerprint density at radius 3 is 2.59 bits per heavy atom. The first-order valence-corrected chi connectivity index (χ1v) is 9.54. The van der Waals surface area contributed by atoms with Crippen LogP contribution in [0.5, 0.6) is 11.5 Å². The number of pyridine rings is 1. The summed E-state index contributed by atoms with van der Waals surface area (Å²) >= 11 is 0. The van der Waals surface area contributed by atoms with Crippen molar-refractivity contribution in [1.82, 2.24) is 4.98 Å². The molecule has 0 bridgehead atoms. The van der Waals surface area contributed by atoms with E-state index in [1.807, 2.05) is 24.3 Å². The van der Waals surface area contributed by atoms with Crippen molar-refractivity contribution < 1.29 is 14.3 Å². The average Bonchev–Trinajstić information content (AvgIpc) is 3.27. The Bertz CT molecular complexity index is 1120. The second kappa shape index (κ2) is 7.87. The Hall–Kier alpha value is -3.48. The van der Waals surface area contributed by atoms with Crippen LogP contribution in [0.3, 0.4) is 0 Å². The van der Waals surface area contributed by atoms with Crippen molar-refractivity contribution in [3.63, 3.8) is 0 Å². The van der Waals surface area contributed by atoms with Gasteiger partial charge in [0.2, 0.25) is 0 Å². The molecule has 0 spiro atoms. The van der Waals surface area contributed by atoms with E-state index in [2.05, 4.69) is 15.2 Å². The summed E-state index contributed by atoms with van der Waals surface area (Å²) in [5, 5.41) is 3.25. The average molecular weight is 393 g/mol. The van der Waals surface area contributed by atoms with Gasteiger partial charge in [-0.05, 0) is 31.0 Å². The Balaban J connectivity index is 1.65. The lowest BCUT2D eigenvalue weighted by Crippen LogP contribution is -2.19. The molecule has 2 N–H and O–H groups in total. The minimum absolute atomic E-state index is 0.171. The Morgan fingerprint density at radius 1 is 1.07 bits per heavy atom. The molecule has 2 heterocycles. The van der Waals surface area contributed by atoms with Gasteiger partial charge < -0.3 is 24.7 Å². The summed E-state index contributed by atoms with van der Waals surface area (Å²) in [6.07, 6.45) is 2.36. The molecule has 0 atom stereocenters. The van der Waals surface area contributed by atoms with Gasteiger partial charge in [0.15, 0.2) is 5.43 Å². The highest BCUT2D eigenvalue weighted by molar-refractivity contribution is 6.04. The highest BCUT2D eigenvalue weighted by Crippen LogP contribution is 2.28. The minimum Gasteiger partial charge on any atom is -0.497 e. The third-order valence-electron chi connectivity index (χ3n) is 5.14. The monoisotopic (exact) mass is 393 g/mol. The van der Waals surface area contributed by atoms with E-state index in [0.29, 0.717) is 28.1 Å². The molecule has 29 heavy (non-hydrogen) atoms. The maximum absolute atomic E-state index is 12.8. The normalized spacial score (nSPS) is 13.5. The van der Waals surface area contributed by atoms with E-state index in [9.17, 15) is 9.59 Å². The highest BCUT2D eigenvalue weighted by atomic mass is 16.5. The van der Waals surface area contributed by atoms with Gasteiger partial charge in [0.1, 0.15) is 17.2 Å². The van der Waals surface area contributed by atoms with E-state index in [4.69, 9.17) is 9.47 Å². The van der Waals surface area contributed by atoms with E-state index < -0.39 is 0 Å². The first kappa shape index (κ1) is 18.9. The first-order valence-electron chi connectivity index (χ1n) is 9.54. The minimum atomic E-state index is -0.385. The predicted molar refractivity (Wildman–Crippen MR) is 114 cm³/mol. The Kier molecular flexibility index (Phi) is 5.12. The molecule has 1 aliphatic heterocycles. The molecule has 0 saturated carbocycles. The zero-order valence-corrected chi connectivity index (χ0v) is 16.5. The number of aromatic amines is 1. The number of hydrogen-bond acceptors (Lipinski definition) is 5. The van der Waals surface area contributed by atoms with Gasteiger partial charge in [-0.2, -0.15) is 0 Å². The number of methoxy groups -OCH3 is 2. The van der Waals surface area contributed by atoms with Crippen LogP contribution in [0, 0.1) is 0 Å². The summed E-state index contributed by atoms with van der Waals surface area (Å²) < 4.78 is 10.6. The molecule has 1 saturated heterocycles. The predicted octanol–water partition coefficient (Wildman–Crippen LogP) is 3.40. The number of nitrogens with zero attached hydrogens (tertiary/aromatic N) is 1. The van der Waals surface area contributed by atoms with Crippen LogP contribution in [-0.2, 0) is 0 Å². The fraction of sp³-hybridized carbons (Fsp3) is 0.273. The smallest absolute Gasteiger partial charge is 0.272 e. The number of nitrogens with one attached hydrogen (secondary N) is 2. The standard InChI is InChI=1S/C22H23N3O4/c1-28-16-11-17-21(20(12-16)29-2)19(26)13-18(24-17)22(27)23-14-6-5-7-15(10-14)25-8-3-4-9-25/h5-7,10-13H,3-4,8-9H2,1-2H3,(H,23,27)(H,24,26). The molecule has 0 radical (unpaired) electrons. The first-order chi connectivity index (χ1) is 14.1. The van der Waals surface area contributed by atoms with Gasteiger partial charge in [-0.15, -0.1) is 0 Å². The number of carbonyl (C=O) groups is 1. The quantitative estimate of drug-likeness (QED) is 0.694. The van der Waals surface area contributed by atoms with Crippen LogP contribution in [-0.4, -0.2) is 38.2 Å². The molecule has 2 aromatic carbocycles. The lowest BCUT2D eigenvalue weighted by atomic mass is 10.1. The van der Waals surface area contributed by atoms with E-state index in [0.717, 1.165) is 18.8 Å². The molecule has 1 fully saturated rings. The van der Waals surface area contributed by atoms with Crippen molar-refractivity contribution in [3.05, 3.63) is 58.4 Å². The van der Waals surface area contributed by atoms with Crippen molar-refractivity contribution in [2.24, 2.45) is 0 Å². The lowest BCUT2D eigenvalue weighted by Gasteiger charge is -2.18. The number of amides is 1. The lowest BCUT2D eigenvalue weighted by molar-refractivity contribution is 0.102. The summed E-state index contributed by atoms with van der Waals surface area (Å²) in [5.74, 6) is 0.538. The number of aromatic nitrogens is 1. The van der Waals surface area contributed by atoms with Gasteiger partial charge in [0.05, 0.1) is 25.1 Å². The molecular formula is C22H23N3O4. The van der Waals surface area contributed by atoms with E-state index >= 15 is 0 Å². The van der Waals surface area contributed by atoms with Crippen LogP contribution in [0.15, 0.2) is 47.3 Å². The maximum atomic E-state index is 12.8. The van der Waals surface area contributed by atoms with Crippen molar-refractivity contribution >= 4 is 28.2 Å². The second-order valence-electron chi connectivity index (χ2n) is 7.00. The molecule has 150 valence electrons. The summed E-state index contributed by atoms with van der Waals surface area (Å²) in [7, 11) is 3.02. The third-order valence-corrected chi connectivity index (χ3v) is 5.14. The fourth-order valence-electron chi connectivity index (χ4n) is 3.68. The van der Waals surface area contributed by atoms with Gasteiger partial charge in [-0.1, -0.05) is 6.07 Å². The number of hydrogen-bond donors (Lipinski definition) is 2. The van der Waals surface area contributed by atoms with Gasteiger partial charge in [0.25, 0.3) is 5.91 Å². The molecule has 1 amide bonds. The molecule has 7 heteroatoms. The van der Waals surface area contributed by atoms with E-state index in [1.165, 1.54) is 33.1 Å². The molecule has 3 aromatic rings. The van der Waals surface area contributed by atoms with Crippen molar-refractivity contribution in [2.45, 2.75) is 12.8 Å². The number of benzene rings is 2. The van der Waals surface area contributed by atoms with Crippen LogP contribution < -0.4 is 25.1 Å². The molecule has 0 aliphatic carbocycles. The van der Waals surface area contributed by atoms with Crippen molar-refractivity contribution in [1.29, 1.82) is 0 Å². The van der Waals surface area contributed by atoms with Gasteiger partial charge in [-0.25, -0.2) is 0 Å². The maximum Gasteiger partial charge on any atom is 0.272 e. The number of ether oxygens (including phenoxy) is 2. The molecule has 0 unspecified atom stereocenters. The fourth-order valence-corrected chi connectivity index (χ4v) is 3.68. The van der Waals surface area contributed by atoms with Gasteiger partial charge in [0, 0.05) is 42.7 Å². The zero-order valence-electron chi connectivity index (χ0n) is 16.5. The largest absolute Gasteiger partial charge is 0.497 e. The van der Waals surface area contributed by atoms with Crippen LogP contribution in [0.2, 0.25) is 0 Å². The zero-order chi connectivity index (χ0) is 20.4. The Morgan fingerprint density at radius 2 is 1.86 bits per heavy atom. The van der Waals surface area contributed by atoms with E-state index in [1.54, 1.807) is 12.1 Å². The summed E-state index contributed by atoms with van der Waals surface area (Å²) in [6.45, 7) is 2.05. The summed E-state index contributed by atoms with van der Waals surface area (Å²) in [6, 6.07) is 12.3. The Labute approximate surface area is 168 Å². The summed E-state index contributed by atoms with van der Waals surface area (Å²) in [5.41, 5.74) is 2.12. The molecule has 7 nitrogen and oxygen atoms in total. The van der Waals surface area contributed by atoms with Crippen LogP contribution in [0.4, 0.5) is 11.4 Å². The number of H-pyrrole nitrogens is 1. The molecule has 4 rings (SSSR count). The van der Waals surface area contributed by atoms with Crippen LogP contribution in [0.25, 0.3) is 10.9 Å². The SMILES string of the molecule is COc1cc(OC)c2c(=O)cc(C(=O)Nc3cccc(N4CCCC4)c3)[nH]c2c1. The van der Waals surface area contributed by atoms with Gasteiger partial charge in [-0.3, -0.25) is 9.59 Å². The third kappa shape index (κ3) is 3.76. The second-order valence-corrected chi connectivity index (χ2v) is 7.00. The topological polar surface area (TPSA) is 83.7 Å². The van der Waals surface area contributed by atoms with Crippen molar-refractivity contribution in [3.8, 4) is 11.5 Å². The number of fused-ring (bicyclic) bond motifs is 1.